The fourth-order valence-electron chi connectivity index (χ4n) is 2.28. The fourth-order valence-corrected chi connectivity index (χ4v) is 2.28. The lowest BCUT2D eigenvalue weighted by Crippen LogP contribution is -2.32. The zero-order valence-electron chi connectivity index (χ0n) is 10.2. The molecular formula is C13H22N2O. The molecule has 2 rings (SSSR count). The Balaban J connectivity index is 1.97. The Hall–Kier alpha value is -0.830. The van der Waals surface area contributed by atoms with Crippen LogP contribution in [0.25, 0.3) is 0 Å². The van der Waals surface area contributed by atoms with Crippen molar-refractivity contribution in [3.05, 3.63) is 11.8 Å². The van der Waals surface area contributed by atoms with Crippen LogP contribution in [0, 0.1) is 5.92 Å². The first-order chi connectivity index (χ1) is 7.69. The zero-order valence-corrected chi connectivity index (χ0v) is 10.2. The lowest BCUT2D eigenvalue weighted by molar-refractivity contribution is -0.0369. The van der Waals surface area contributed by atoms with E-state index < -0.39 is 0 Å². The molecule has 3 atom stereocenters. The molecule has 3 nitrogen and oxygen atoms in total. The highest BCUT2D eigenvalue weighted by molar-refractivity contribution is 5.80. The Morgan fingerprint density at radius 2 is 2.06 bits per heavy atom. The maximum Gasteiger partial charge on any atom is 0.0859 e. The van der Waals surface area contributed by atoms with Gasteiger partial charge in [0.1, 0.15) is 0 Å². The summed E-state index contributed by atoms with van der Waals surface area (Å²) in [5.41, 5.74) is 6.71. The van der Waals surface area contributed by atoms with Crippen LogP contribution in [0.4, 0.5) is 0 Å². The van der Waals surface area contributed by atoms with Crippen molar-refractivity contribution >= 4 is 6.21 Å². The number of ether oxygens (including phenoxy) is 1. The van der Waals surface area contributed by atoms with Gasteiger partial charge in [-0.3, -0.25) is 4.99 Å². The highest BCUT2D eigenvalue weighted by atomic mass is 16.5. The third-order valence-corrected chi connectivity index (χ3v) is 3.29. The molecule has 1 aliphatic carbocycles. The van der Waals surface area contributed by atoms with E-state index in [0.717, 1.165) is 18.4 Å². The SMILES string of the molecule is CC1CC(C)OC(/C(C=NC2CC2)=C/N)C1. The number of nitrogens with two attached hydrogens (primary N) is 1. The van der Waals surface area contributed by atoms with Gasteiger partial charge in [0.25, 0.3) is 0 Å². The van der Waals surface area contributed by atoms with Gasteiger partial charge in [-0.05, 0) is 38.5 Å². The van der Waals surface area contributed by atoms with E-state index in [1.54, 1.807) is 6.20 Å². The van der Waals surface area contributed by atoms with E-state index >= 15 is 0 Å². The van der Waals surface area contributed by atoms with Crippen molar-refractivity contribution in [2.45, 2.75) is 57.8 Å². The van der Waals surface area contributed by atoms with Gasteiger partial charge in [-0.25, -0.2) is 0 Å². The Morgan fingerprint density at radius 1 is 1.31 bits per heavy atom. The lowest BCUT2D eigenvalue weighted by Gasteiger charge is -2.32. The van der Waals surface area contributed by atoms with Crippen molar-refractivity contribution < 1.29 is 4.74 Å². The highest BCUT2D eigenvalue weighted by Crippen LogP contribution is 2.28. The van der Waals surface area contributed by atoms with Crippen LogP contribution in [0.5, 0.6) is 0 Å². The quantitative estimate of drug-likeness (QED) is 0.745. The lowest BCUT2D eigenvalue weighted by atomic mass is 9.91. The average Bonchev–Trinajstić information content (AvgIpc) is 3.01. The van der Waals surface area contributed by atoms with E-state index in [0.29, 0.717) is 18.1 Å². The minimum absolute atomic E-state index is 0.145. The van der Waals surface area contributed by atoms with Gasteiger partial charge in [0.15, 0.2) is 0 Å². The Morgan fingerprint density at radius 3 is 2.62 bits per heavy atom. The zero-order chi connectivity index (χ0) is 11.5. The van der Waals surface area contributed by atoms with E-state index in [9.17, 15) is 0 Å². The molecule has 2 N–H and O–H groups in total. The molecule has 1 aliphatic heterocycles. The summed E-state index contributed by atoms with van der Waals surface area (Å²) < 4.78 is 5.92. The predicted molar refractivity (Wildman–Crippen MR) is 66.5 cm³/mol. The van der Waals surface area contributed by atoms with Crippen LogP contribution < -0.4 is 5.73 Å². The second kappa shape index (κ2) is 5.00. The number of hydrogen-bond donors (Lipinski definition) is 1. The van der Waals surface area contributed by atoms with Crippen molar-refractivity contribution in [1.82, 2.24) is 0 Å². The molecule has 0 spiro atoms. The van der Waals surface area contributed by atoms with E-state index in [1.807, 2.05) is 6.21 Å². The van der Waals surface area contributed by atoms with Crippen LogP contribution in [0.3, 0.4) is 0 Å². The standard InChI is InChI=1S/C13H22N2O/c1-9-5-10(2)16-13(6-9)11(7-14)8-15-12-3-4-12/h7-10,12-13H,3-6,14H2,1-2H3/b11-7+,15-8?. The third kappa shape index (κ3) is 3.08. The van der Waals surface area contributed by atoms with Crippen molar-refractivity contribution in [3.63, 3.8) is 0 Å². The summed E-state index contributed by atoms with van der Waals surface area (Å²) in [6, 6.07) is 0.549. The molecule has 0 radical (unpaired) electrons. The Kier molecular flexibility index (Phi) is 3.64. The Labute approximate surface area is 97.8 Å². The summed E-state index contributed by atoms with van der Waals surface area (Å²) in [6.45, 7) is 4.41. The summed E-state index contributed by atoms with van der Waals surface area (Å²) in [7, 11) is 0. The Bertz CT molecular complexity index is 284. The molecule has 1 heterocycles. The summed E-state index contributed by atoms with van der Waals surface area (Å²) in [5.74, 6) is 0.707. The molecule has 0 aromatic rings. The van der Waals surface area contributed by atoms with Gasteiger partial charge in [0.2, 0.25) is 0 Å². The number of rotatable bonds is 3. The number of aliphatic imine (C=N–C) groups is 1. The maximum atomic E-state index is 5.92. The van der Waals surface area contributed by atoms with E-state index in [-0.39, 0.29) is 6.10 Å². The molecule has 90 valence electrons. The van der Waals surface area contributed by atoms with Gasteiger partial charge in [0.05, 0.1) is 18.2 Å². The molecule has 0 amide bonds. The fraction of sp³-hybridized carbons (Fsp3) is 0.769. The first-order valence-corrected chi connectivity index (χ1v) is 6.29. The summed E-state index contributed by atoms with van der Waals surface area (Å²) >= 11 is 0. The van der Waals surface area contributed by atoms with Crippen molar-refractivity contribution in [2.24, 2.45) is 16.6 Å². The normalized spacial score (nSPS) is 36.9. The van der Waals surface area contributed by atoms with E-state index in [1.165, 1.54) is 12.8 Å². The predicted octanol–water partition coefficient (Wildman–Crippen LogP) is 2.27. The third-order valence-electron chi connectivity index (χ3n) is 3.29. The van der Waals surface area contributed by atoms with Crippen LogP contribution in [-0.2, 0) is 4.74 Å². The largest absolute Gasteiger partial charge is 0.404 e. The first kappa shape index (κ1) is 11.6. The van der Waals surface area contributed by atoms with Gasteiger partial charge < -0.3 is 10.5 Å². The molecular weight excluding hydrogens is 200 g/mol. The average molecular weight is 222 g/mol. The molecule has 0 bridgehead atoms. The van der Waals surface area contributed by atoms with Crippen molar-refractivity contribution in [1.29, 1.82) is 0 Å². The smallest absolute Gasteiger partial charge is 0.0859 e. The molecule has 3 heteroatoms. The minimum Gasteiger partial charge on any atom is -0.404 e. The molecule has 16 heavy (non-hydrogen) atoms. The molecule has 0 aromatic heterocycles. The first-order valence-electron chi connectivity index (χ1n) is 6.29. The minimum atomic E-state index is 0.145. The van der Waals surface area contributed by atoms with Gasteiger partial charge in [0, 0.05) is 18.0 Å². The molecule has 0 aromatic carbocycles. The summed E-state index contributed by atoms with van der Waals surface area (Å²) in [6.07, 6.45) is 8.72. The molecule has 2 aliphatic rings. The summed E-state index contributed by atoms with van der Waals surface area (Å²) in [4.78, 5) is 4.48. The van der Waals surface area contributed by atoms with Crippen molar-refractivity contribution in [2.75, 3.05) is 0 Å². The monoisotopic (exact) mass is 222 g/mol. The van der Waals surface area contributed by atoms with E-state index in [2.05, 4.69) is 18.8 Å². The summed E-state index contributed by atoms with van der Waals surface area (Å²) in [5, 5.41) is 0. The maximum absolute atomic E-state index is 5.92. The van der Waals surface area contributed by atoms with Crippen LogP contribution in [0.15, 0.2) is 16.8 Å². The van der Waals surface area contributed by atoms with Crippen LogP contribution in [-0.4, -0.2) is 24.5 Å². The van der Waals surface area contributed by atoms with Gasteiger partial charge in [-0.15, -0.1) is 0 Å². The second-order valence-corrected chi connectivity index (χ2v) is 5.19. The van der Waals surface area contributed by atoms with Gasteiger partial charge >= 0.3 is 0 Å². The molecule has 1 saturated carbocycles. The molecule has 3 unspecified atom stereocenters. The second-order valence-electron chi connectivity index (χ2n) is 5.19. The molecule has 2 fully saturated rings. The topological polar surface area (TPSA) is 47.6 Å². The van der Waals surface area contributed by atoms with Gasteiger partial charge in [-0.2, -0.15) is 0 Å². The molecule has 1 saturated heterocycles. The highest BCUT2D eigenvalue weighted by Gasteiger charge is 2.27. The van der Waals surface area contributed by atoms with Crippen LogP contribution in [0.2, 0.25) is 0 Å². The van der Waals surface area contributed by atoms with Gasteiger partial charge in [-0.1, -0.05) is 6.92 Å². The number of nitrogens with zero attached hydrogens (tertiary/aromatic N) is 1. The van der Waals surface area contributed by atoms with Crippen LogP contribution in [0.1, 0.15) is 39.5 Å². The van der Waals surface area contributed by atoms with Crippen LogP contribution >= 0.6 is 0 Å². The van der Waals surface area contributed by atoms with Crippen molar-refractivity contribution in [3.8, 4) is 0 Å². The number of hydrogen-bond acceptors (Lipinski definition) is 3. The van der Waals surface area contributed by atoms with E-state index in [4.69, 9.17) is 10.5 Å².